The number of ether oxygens (including phenoxy) is 2. The zero-order valence-electron chi connectivity index (χ0n) is 34.9. The van der Waals surface area contributed by atoms with E-state index in [1.807, 2.05) is 0 Å². The summed E-state index contributed by atoms with van der Waals surface area (Å²) in [7, 11) is 0. The number of hydrogen-bond acceptors (Lipinski definition) is 6. The van der Waals surface area contributed by atoms with E-state index in [2.05, 4.69) is 70.5 Å². The zero-order valence-corrected chi connectivity index (χ0v) is 34.9. The number of esters is 1. The highest BCUT2D eigenvalue weighted by atomic mass is 16.5. The lowest BCUT2D eigenvalue weighted by Gasteiger charge is -2.72. The second-order valence-electron chi connectivity index (χ2n) is 21.4. The highest BCUT2D eigenvalue weighted by molar-refractivity contribution is 5.84. The molecule has 5 saturated carbocycles. The molecule has 6 aliphatic carbocycles. The summed E-state index contributed by atoms with van der Waals surface area (Å²) >= 11 is 0. The molecule has 8 nitrogen and oxygen atoms in total. The average Bonchev–Trinajstić information content (AvgIpc) is 3.71. The first-order chi connectivity index (χ1) is 25.3. The number of fused-ring (bicyclic) bond motifs is 7. The standard InChI is InChI=1S/C46H72N2O6/c1-29(2)32-14-19-46(39(50)47-31-11-10-30(26-31)28-48-22-24-53-25-23-48)21-20-44(8)33(38(32)46)12-13-35-43(7)17-16-36(54-37(49)27-41(3,4)40(51)52)42(5,6)34(43)15-18-45(35,44)9/h10-11,30-36,38H,1,12-28H2,2-9H3,(H,47,50)(H,51,52)/t30-,31+,32-,33+,34-,35+,36-,38+,43-,44+,45+,46-/m0/s1. The topological polar surface area (TPSA) is 105 Å². The minimum atomic E-state index is -1.15. The molecule has 54 heavy (non-hydrogen) atoms. The Kier molecular flexibility index (Phi) is 10.4. The molecule has 12 atom stereocenters. The lowest BCUT2D eigenvalue weighted by Crippen LogP contribution is -2.67. The van der Waals surface area contributed by atoms with Crippen LogP contribution < -0.4 is 5.32 Å². The number of hydrogen-bond donors (Lipinski definition) is 2. The monoisotopic (exact) mass is 749 g/mol. The number of amides is 1. The molecule has 1 heterocycles. The number of morpholine rings is 1. The van der Waals surface area contributed by atoms with Crippen LogP contribution in [0, 0.1) is 68.0 Å². The SMILES string of the molecule is C=C(C)[C@@H]1CC[C@]2(C(=O)N[C@@H]3C=C[C@H](CN4CCOCC4)C3)CC[C@]3(C)[C@H](CC[C@@H]4[C@@]5(C)CC[C@H](OC(=O)CC(C)(C)C(=O)O)C(C)(C)[C@@H]5CC[C@]43C)[C@@H]12. The largest absolute Gasteiger partial charge is 0.481 e. The van der Waals surface area contributed by atoms with Crippen LogP contribution in [0.5, 0.6) is 0 Å². The summed E-state index contributed by atoms with van der Waals surface area (Å²) in [5.41, 5.74) is -0.0222. The Labute approximate surface area is 326 Å². The van der Waals surface area contributed by atoms with Gasteiger partial charge in [-0.1, -0.05) is 58.9 Å². The van der Waals surface area contributed by atoms with Gasteiger partial charge >= 0.3 is 11.9 Å². The highest BCUT2D eigenvalue weighted by Crippen LogP contribution is 2.77. The first kappa shape index (κ1) is 40.0. The van der Waals surface area contributed by atoms with E-state index in [0.717, 1.165) is 97.1 Å². The normalized spacial score (nSPS) is 44.3. The van der Waals surface area contributed by atoms with Gasteiger partial charge in [-0.15, -0.1) is 0 Å². The molecule has 0 radical (unpaired) electrons. The third-order valence-corrected chi connectivity index (χ3v) is 18.0. The predicted octanol–water partition coefficient (Wildman–Crippen LogP) is 8.45. The summed E-state index contributed by atoms with van der Waals surface area (Å²) in [4.78, 5) is 42.2. The van der Waals surface area contributed by atoms with E-state index >= 15 is 0 Å². The molecule has 0 aromatic carbocycles. The second kappa shape index (κ2) is 14.0. The van der Waals surface area contributed by atoms with Crippen molar-refractivity contribution < 1.29 is 29.0 Å². The number of aliphatic carboxylic acids is 1. The summed E-state index contributed by atoms with van der Waals surface area (Å²) < 4.78 is 11.8. The summed E-state index contributed by atoms with van der Waals surface area (Å²) in [6.07, 6.45) is 15.8. The van der Waals surface area contributed by atoms with Gasteiger partial charge in [0.25, 0.3) is 0 Å². The Morgan fingerprint density at radius 3 is 2.31 bits per heavy atom. The van der Waals surface area contributed by atoms with Crippen molar-refractivity contribution in [2.24, 2.45) is 68.0 Å². The van der Waals surface area contributed by atoms with E-state index in [9.17, 15) is 19.5 Å². The fraction of sp³-hybridized carbons (Fsp3) is 0.848. The smallest absolute Gasteiger partial charge is 0.309 e. The molecule has 2 N–H and O–H groups in total. The number of allylic oxidation sites excluding steroid dienone is 1. The van der Waals surface area contributed by atoms with Crippen LogP contribution in [0.25, 0.3) is 0 Å². The Morgan fingerprint density at radius 1 is 0.907 bits per heavy atom. The van der Waals surface area contributed by atoms with Gasteiger partial charge in [0.05, 0.1) is 30.5 Å². The van der Waals surface area contributed by atoms with E-state index < -0.39 is 17.4 Å². The van der Waals surface area contributed by atoms with Crippen LogP contribution in [0.1, 0.15) is 132 Å². The van der Waals surface area contributed by atoms with Crippen molar-refractivity contribution in [1.29, 1.82) is 0 Å². The van der Waals surface area contributed by atoms with Crippen LogP contribution in [0.3, 0.4) is 0 Å². The molecule has 7 aliphatic rings. The first-order valence-corrected chi connectivity index (χ1v) is 21.7. The average molecular weight is 749 g/mol. The van der Waals surface area contributed by atoms with E-state index in [1.165, 1.54) is 12.0 Å². The number of nitrogens with zero attached hydrogens (tertiary/aromatic N) is 1. The first-order valence-electron chi connectivity index (χ1n) is 21.7. The molecule has 0 spiro atoms. The van der Waals surface area contributed by atoms with Crippen molar-refractivity contribution in [2.75, 3.05) is 32.8 Å². The van der Waals surface area contributed by atoms with Gasteiger partial charge in [0.15, 0.2) is 0 Å². The predicted molar refractivity (Wildman–Crippen MR) is 211 cm³/mol. The third-order valence-electron chi connectivity index (χ3n) is 18.0. The lowest BCUT2D eigenvalue weighted by molar-refractivity contribution is -0.249. The van der Waals surface area contributed by atoms with Crippen LogP contribution in [0.15, 0.2) is 24.3 Å². The zero-order chi connectivity index (χ0) is 39.1. The van der Waals surface area contributed by atoms with Crippen molar-refractivity contribution in [3.8, 4) is 0 Å². The van der Waals surface area contributed by atoms with Crippen LogP contribution in [-0.2, 0) is 23.9 Å². The van der Waals surface area contributed by atoms with Gasteiger partial charge in [-0.25, -0.2) is 0 Å². The van der Waals surface area contributed by atoms with E-state index in [4.69, 9.17) is 9.47 Å². The summed E-state index contributed by atoms with van der Waals surface area (Å²) in [5, 5.41) is 13.3. The maximum Gasteiger partial charge on any atom is 0.309 e. The van der Waals surface area contributed by atoms with E-state index in [0.29, 0.717) is 41.4 Å². The summed E-state index contributed by atoms with van der Waals surface area (Å²) in [6.45, 7) is 27.1. The Morgan fingerprint density at radius 2 is 1.63 bits per heavy atom. The molecular formula is C46H72N2O6. The van der Waals surface area contributed by atoms with Gasteiger partial charge in [-0.2, -0.15) is 0 Å². The molecule has 7 rings (SSSR count). The van der Waals surface area contributed by atoms with Gasteiger partial charge < -0.3 is 19.9 Å². The van der Waals surface area contributed by atoms with Gasteiger partial charge in [0.2, 0.25) is 5.91 Å². The molecule has 1 saturated heterocycles. The number of nitrogens with one attached hydrogen (secondary N) is 1. The van der Waals surface area contributed by atoms with Crippen molar-refractivity contribution >= 4 is 17.8 Å². The minimum Gasteiger partial charge on any atom is -0.481 e. The van der Waals surface area contributed by atoms with E-state index in [1.54, 1.807) is 13.8 Å². The highest BCUT2D eigenvalue weighted by Gasteiger charge is 2.72. The maximum absolute atomic E-state index is 14.8. The van der Waals surface area contributed by atoms with Gasteiger partial charge in [0, 0.05) is 31.1 Å². The minimum absolute atomic E-state index is 0.112. The van der Waals surface area contributed by atoms with Gasteiger partial charge in [-0.05, 0) is 143 Å². The van der Waals surface area contributed by atoms with Crippen molar-refractivity contribution in [3.63, 3.8) is 0 Å². The molecule has 1 amide bonds. The van der Waals surface area contributed by atoms with E-state index in [-0.39, 0.29) is 45.6 Å². The number of carboxylic acids is 1. The molecule has 6 fully saturated rings. The quantitative estimate of drug-likeness (QED) is 0.180. The second-order valence-corrected chi connectivity index (χ2v) is 21.4. The van der Waals surface area contributed by atoms with Crippen molar-refractivity contribution in [1.82, 2.24) is 10.2 Å². The maximum atomic E-state index is 14.8. The fourth-order valence-electron chi connectivity index (χ4n) is 14.8. The van der Waals surface area contributed by atoms with Crippen LogP contribution >= 0.6 is 0 Å². The molecular weight excluding hydrogens is 677 g/mol. The summed E-state index contributed by atoms with van der Waals surface area (Å²) in [6, 6.07) is 0.112. The van der Waals surface area contributed by atoms with Crippen LogP contribution in [-0.4, -0.2) is 72.8 Å². The van der Waals surface area contributed by atoms with Crippen LogP contribution in [0.2, 0.25) is 0 Å². The Bertz CT molecular complexity index is 1530. The van der Waals surface area contributed by atoms with Crippen LogP contribution in [0.4, 0.5) is 0 Å². The Balaban J connectivity index is 1.09. The van der Waals surface area contributed by atoms with Crippen molar-refractivity contribution in [2.45, 2.75) is 145 Å². The molecule has 0 bridgehead atoms. The molecule has 302 valence electrons. The number of carboxylic acid groups (broad SMARTS) is 1. The molecule has 0 aromatic heterocycles. The number of carbonyl (C=O) groups is 3. The third kappa shape index (κ3) is 6.34. The van der Waals surface area contributed by atoms with Crippen molar-refractivity contribution in [3.05, 3.63) is 24.3 Å². The molecule has 0 unspecified atom stereocenters. The summed E-state index contributed by atoms with van der Waals surface area (Å²) in [5.74, 6) is 1.59. The molecule has 1 aliphatic heterocycles. The number of rotatable bonds is 9. The molecule has 0 aromatic rings. The Hall–Kier alpha value is -2.19. The van der Waals surface area contributed by atoms with Gasteiger partial charge in [-0.3, -0.25) is 19.3 Å². The lowest BCUT2D eigenvalue weighted by atomic mass is 9.32. The fourth-order valence-corrected chi connectivity index (χ4v) is 14.8. The number of carbonyl (C=O) groups excluding carboxylic acids is 2. The molecule has 8 heteroatoms. The van der Waals surface area contributed by atoms with Gasteiger partial charge in [0.1, 0.15) is 6.10 Å².